The van der Waals surface area contributed by atoms with Crippen molar-refractivity contribution in [3.05, 3.63) is 65.8 Å². The Kier molecular flexibility index (Phi) is 4.44. The van der Waals surface area contributed by atoms with Crippen LogP contribution in [0.2, 0.25) is 0 Å². The van der Waals surface area contributed by atoms with Crippen molar-refractivity contribution in [2.75, 3.05) is 0 Å². The Morgan fingerprint density at radius 3 is 2.55 bits per heavy atom. The third kappa shape index (κ3) is 2.73. The van der Waals surface area contributed by atoms with Crippen molar-refractivity contribution in [2.45, 2.75) is 77.8 Å². The van der Waals surface area contributed by atoms with Gasteiger partial charge in [-0.1, -0.05) is 68.5 Å². The van der Waals surface area contributed by atoms with Crippen LogP contribution in [0.1, 0.15) is 65.9 Å². The van der Waals surface area contributed by atoms with Gasteiger partial charge in [0, 0.05) is 5.41 Å². The molecule has 0 aromatic heterocycles. The third-order valence-electron chi connectivity index (χ3n) is 9.99. The average Bonchev–Trinajstić information content (AvgIpc) is 3.20. The van der Waals surface area contributed by atoms with Crippen molar-refractivity contribution in [1.29, 1.82) is 0 Å². The van der Waals surface area contributed by atoms with E-state index >= 15 is 0 Å². The van der Waals surface area contributed by atoms with E-state index in [1.807, 2.05) is 13.8 Å². The second kappa shape index (κ2) is 6.79. The van der Waals surface area contributed by atoms with E-state index in [2.05, 4.69) is 68.5 Å². The number of ketones is 1. The Morgan fingerprint density at radius 2 is 1.82 bits per heavy atom. The van der Waals surface area contributed by atoms with Gasteiger partial charge in [-0.3, -0.25) is 4.79 Å². The minimum absolute atomic E-state index is 0.140. The largest absolute Gasteiger partial charge is 0.344 e. The molecular weight excluding hydrogens is 408 g/mol. The lowest BCUT2D eigenvalue weighted by Gasteiger charge is -2.57. The van der Waals surface area contributed by atoms with Gasteiger partial charge in [0.1, 0.15) is 0 Å². The molecule has 0 amide bonds. The van der Waals surface area contributed by atoms with Crippen molar-refractivity contribution in [3.8, 4) is 0 Å². The van der Waals surface area contributed by atoms with Crippen LogP contribution in [0.4, 0.5) is 0 Å². The molecule has 0 bridgehead atoms. The molecule has 0 unspecified atom stereocenters. The quantitative estimate of drug-likeness (QED) is 0.522. The van der Waals surface area contributed by atoms with Crippen LogP contribution in [0.3, 0.4) is 0 Å². The standard InChI is InChI=1S/C30H36O3/c1-19(31)30-26(32-27(2,3)33-30)18-25-23-12-11-22-17-21(20-9-7-6-8-10-20)13-15-28(22,4)24(23)14-16-29(25,30)5/h6-13,17,23-26H,14-16,18H2,1-5H3/t23-,24+,25+,26+,28+,29+,30-/m1/s1. The molecule has 7 atom stereocenters. The minimum atomic E-state index is -0.816. The molecule has 0 N–H and O–H groups in total. The maximum absolute atomic E-state index is 13.2. The first-order valence-electron chi connectivity index (χ1n) is 12.7. The van der Waals surface area contributed by atoms with Crippen molar-refractivity contribution >= 4 is 11.4 Å². The lowest BCUT2D eigenvalue weighted by Crippen LogP contribution is -2.59. The van der Waals surface area contributed by atoms with Gasteiger partial charge in [0.15, 0.2) is 17.2 Å². The number of ether oxygens (including phenoxy) is 2. The van der Waals surface area contributed by atoms with E-state index in [4.69, 9.17) is 9.47 Å². The lowest BCUT2D eigenvalue weighted by atomic mass is 9.48. The van der Waals surface area contributed by atoms with Crippen LogP contribution in [0.5, 0.6) is 0 Å². The van der Waals surface area contributed by atoms with Crippen LogP contribution in [-0.4, -0.2) is 23.3 Å². The summed E-state index contributed by atoms with van der Waals surface area (Å²) < 4.78 is 12.9. The summed E-state index contributed by atoms with van der Waals surface area (Å²) in [6.45, 7) is 10.4. The maximum Gasteiger partial charge on any atom is 0.164 e. The Morgan fingerprint density at radius 1 is 1.06 bits per heavy atom. The van der Waals surface area contributed by atoms with Gasteiger partial charge in [0.05, 0.1) is 6.10 Å². The van der Waals surface area contributed by atoms with Gasteiger partial charge in [0.2, 0.25) is 0 Å². The number of carbonyl (C=O) groups is 1. The zero-order chi connectivity index (χ0) is 23.2. The molecule has 6 rings (SSSR count). The molecule has 5 aliphatic rings. The second-order valence-corrected chi connectivity index (χ2v) is 12.0. The highest BCUT2D eigenvalue weighted by Crippen LogP contribution is 2.69. The summed E-state index contributed by atoms with van der Waals surface area (Å²) in [5.41, 5.74) is 3.22. The SMILES string of the molecule is CC(=O)[C@@]12OC(C)(C)O[C@H]1C[C@H]1[C@@H]3C=CC4=CC(c5ccccc5)=CC[C@]4(C)[C@H]3CC[C@@]12C. The Balaban J connectivity index is 1.37. The van der Waals surface area contributed by atoms with Gasteiger partial charge in [-0.15, -0.1) is 0 Å². The van der Waals surface area contributed by atoms with Gasteiger partial charge >= 0.3 is 0 Å². The van der Waals surface area contributed by atoms with Crippen LogP contribution in [0.15, 0.2) is 60.2 Å². The minimum Gasteiger partial charge on any atom is -0.344 e. The summed E-state index contributed by atoms with van der Waals surface area (Å²) in [4.78, 5) is 13.2. The van der Waals surface area contributed by atoms with E-state index in [0.717, 1.165) is 25.7 Å². The second-order valence-electron chi connectivity index (χ2n) is 12.0. The first-order valence-corrected chi connectivity index (χ1v) is 12.7. The summed E-state index contributed by atoms with van der Waals surface area (Å²) >= 11 is 0. The highest BCUT2D eigenvalue weighted by Gasteiger charge is 2.74. The van der Waals surface area contributed by atoms with Gasteiger partial charge in [-0.25, -0.2) is 0 Å². The van der Waals surface area contributed by atoms with E-state index in [0.29, 0.717) is 17.8 Å². The molecule has 1 aromatic carbocycles. The predicted molar refractivity (Wildman–Crippen MR) is 130 cm³/mol. The molecule has 1 heterocycles. The molecule has 4 aliphatic carbocycles. The maximum atomic E-state index is 13.2. The Bertz CT molecular complexity index is 1090. The number of hydrogen-bond donors (Lipinski definition) is 0. The van der Waals surface area contributed by atoms with E-state index in [1.165, 1.54) is 16.7 Å². The molecule has 0 radical (unpaired) electrons. The monoisotopic (exact) mass is 444 g/mol. The van der Waals surface area contributed by atoms with Crippen LogP contribution in [0.25, 0.3) is 5.57 Å². The summed E-state index contributed by atoms with van der Waals surface area (Å²) in [6.07, 6.45) is 13.7. The third-order valence-corrected chi connectivity index (χ3v) is 9.99. The molecule has 33 heavy (non-hydrogen) atoms. The molecular formula is C30H36O3. The molecule has 3 nitrogen and oxygen atoms in total. The van der Waals surface area contributed by atoms with Gasteiger partial charge < -0.3 is 9.47 Å². The van der Waals surface area contributed by atoms with E-state index < -0.39 is 11.4 Å². The molecule has 3 heteroatoms. The van der Waals surface area contributed by atoms with Crippen LogP contribution >= 0.6 is 0 Å². The summed E-state index contributed by atoms with van der Waals surface area (Å²) in [5.74, 6) is 0.871. The van der Waals surface area contributed by atoms with E-state index in [1.54, 1.807) is 6.92 Å². The lowest BCUT2D eigenvalue weighted by molar-refractivity contribution is -0.210. The fourth-order valence-corrected chi connectivity index (χ4v) is 8.44. The fraction of sp³-hybridized carbons (Fsp3) is 0.567. The van der Waals surface area contributed by atoms with Gasteiger partial charge in [-0.2, -0.15) is 0 Å². The topological polar surface area (TPSA) is 35.5 Å². The van der Waals surface area contributed by atoms with Crippen molar-refractivity contribution in [3.63, 3.8) is 0 Å². The van der Waals surface area contributed by atoms with E-state index in [-0.39, 0.29) is 22.7 Å². The van der Waals surface area contributed by atoms with Gasteiger partial charge in [0.25, 0.3) is 0 Å². The summed E-state index contributed by atoms with van der Waals surface area (Å²) in [5, 5.41) is 0. The smallest absolute Gasteiger partial charge is 0.164 e. The fourth-order valence-electron chi connectivity index (χ4n) is 8.44. The highest BCUT2D eigenvalue weighted by atomic mass is 16.8. The zero-order valence-electron chi connectivity index (χ0n) is 20.6. The average molecular weight is 445 g/mol. The van der Waals surface area contributed by atoms with Crippen molar-refractivity contribution in [1.82, 2.24) is 0 Å². The van der Waals surface area contributed by atoms with Gasteiger partial charge in [-0.05, 0) is 86.3 Å². The first kappa shape index (κ1) is 21.6. The molecule has 2 saturated carbocycles. The summed E-state index contributed by atoms with van der Waals surface area (Å²) in [7, 11) is 0. The molecule has 1 saturated heterocycles. The molecule has 174 valence electrons. The summed E-state index contributed by atoms with van der Waals surface area (Å²) in [6, 6.07) is 10.7. The zero-order valence-corrected chi connectivity index (χ0v) is 20.6. The normalized spacial score (nSPS) is 44.8. The number of rotatable bonds is 2. The van der Waals surface area contributed by atoms with Crippen LogP contribution in [0, 0.1) is 28.6 Å². The number of hydrogen-bond acceptors (Lipinski definition) is 3. The Labute approximate surface area is 197 Å². The number of Topliss-reactive ketones (excluding diaryl/α,β-unsaturated/α-hetero) is 1. The molecule has 3 fully saturated rings. The molecule has 1 aliphatic heterocycles. The molecule has 1 aromatic rings. The van der Waals surface area contributed by atoms with Crippen LogP contribution in [-0.2, 0) is 14.3 Å². The first-order chi connectivity index (χ1) is 15.6. The Hall–Kier alpha value is -1.97. The molecule has 0 spiro atoms. The number of allylic oxidation sites excluding steroid dienone is 6. The van der Waals surface area contributed by atoms with Crippen molar-refractivity contribution in [2.24, 2.45) is 28.6 Å². The number of benzene rings is 1. The highest BCUT2D eigenvalue weighted by molar-refractivity contribution is 5.88. The predicted octanol–water partition coefficient (Wildman–Crippen LogP) is 6.51. The van der Waals surface area contributed by atoms with Crippen molar-refractivity contribution < 1.29 is 14.3 Å². The van der Waals surface area contributed by atoms with E-state index in [9.17, 15) is 4.79 Å². The number of carbonyl (C=O) groups excluding carboxylic acids is 1. The number of fused-ring (bicyclic) bond motifs is 7. The van der Waals surface area contributed by atoms with Crippen LogP contribution < -0.4 is 0 Å².